The lowest BCUT2D eigenvalue weighted by atomic mass is 10.1. The third-order valence-electron chi connectivity index (χ3n) is 4.40. The lowest BCUT2D eigenvalue weighted by Crippen LogP contribution is -2.50. The van der Waals surface area contributed by atoms with Crippen LogP contribution in [-0.2, 0) is 14.3 Å². The highest BCUT2D eigenvalue weighted by molar-refractivity contribution is 5.79. The zero-order valence-electron chi connectivity index (χ0n) is 12.1. The van der Waals surface area contributed by atoms with E-state index < -0.39 is 0 Å². The Morgan fingerprint density at radius 1 is 1.40 bits per heavy atom. The fourth-order valence-corrected chi connectivity index (χ4v) is 2.96. The van der Waals surface area contributed by atoms with Gasteiger partial charge in [-0.2, -0.15) is 0 Å². The van der Waals surface area contributed by atoms with Crippen LogP contribution in [0.2, 0.25) is 0 Å². The lowest BCUT2D eigenvalue weighted by molar-refractivity contribution is -0.125. The fraction of sp³-hybridized carbons (Fsp3) is 0.812. The molecule has 0 bridgehead atoms. The summed E-state index contributed by atoms with van der Waals surface area (Å²) in [5.74, 6) is 0.881. The van der Waals surface area contributed by atoms with Gasteiger partial charge in [-0.05, 0) is 44.4 Å². The van der Waals surface area contributed by atoms with Crippen molar-refractivity contribution in [3.63, 3.8) is 0 Å². The van der Waals surface area contributed by atoms with Crippen LogP contribution in [0.5, 0.6) is 0 Å². The van der Waals surface area contributed by atoms with E-state index in [0.717, 1.165) is 38.4 Å². The van der Waals surface area contributed by atoms with Crippen molar-refractivity contribution < 1.29 is 14.3 Å². The minimum absolute atomic E-state index is 0.0250. The van der Waals surface area contributed by atoms with Crippen LogP contribution >= 0.6 is 0 Å². The van der Waals surface area contributed by atoms with Crippen molar-refractivity contribution in [3.8, 4) is 0 Å². The van der Waals surface area contributed by atoms with Crippen LogP contribution in [-0.4, -0.2) is 37.9 Å². The van der Waals surface area contributed by atoms with Crippen LogP contribution in [0, 0.1) is 5.92 Å². The third kappa shape index (κ3) is 4.06. The second-order valence-corrected chi connectivity index (χ2v) is 6.28. The molecule has 20 heavy (non-hydrogen) atoms. The predicted octanol–water partition coefficient (Wildman–Crippen LogP) is 2.19. The van der Waals surface area contributed by atoms with E-state index in [0.29, 0.717) is 13.0 Å². The number of nitrogens with one attached hydrogen (secondary N) is 1. The standard InChI is InChI=1S/C16H25NO3/c18-16(9-12-3-1-2-4-12)17-14-11-19-8-7-15(14)20-10-13-5-6-13/h3,13-15H,1-2,4-11H2,(H,17,18)/t14-,15+/m1/s1. The summed E-state index contributed by atoms with van der Waals surface area (Å²) in [6.45, 7) is 2.18. The van der Waals surface area contributed by atoms with E-state index in [9.17, 15) is 4.79 Å². The van der Waals surface area contributed by atoms with Crippen molar-refractivity contribution in [3.05, 3.63) is 11.6 Å². The normalized spacial score (nSPS) is 30.1. The van der Waals surface area contributed by atoms with E-state index in [-0.39, 0.29) is 18.1 Å². The van der Waals surface area contributed by atoms with Gasteiger partial charge in [-0.1, -0.05) is 11.6 Å². The molecule has 0 aromatic heterocycles. The maximum absolute atomic E-state index is 12.1. The maximum atomic E-state index is 12.1. The first-order chi connectivity index (χ1) is 9.81. The Morgan fingerprint density at radius 2 is 2.30 bits per heavy atom. The number of carbonyl (C=O) groups excluding carboxylic acids is 1. The zero-order chi connectivity index (χ0) is 13.8. The summed E-state index contributed by atoms with van der Waals surface area (Å²) in [5.41, 5.74) is 1.29. The highest BCUT2D eigenvalue weighted by Gasteiger charge is 2.30. The van der Waals surface area contributed by atoms with Crippen LogP contribution in [0.25, 0.3) is 0 Å². The van der Waals surface area contributed by atoms with Gasteiger partial charge in [-0.3, -0.25) is 4.79 Å². The molecule has 1 aliphatic heterocycles. The Morgan fingerprint density at radius 3 is 3.05 bits per heavy atom. The first kappa shape index (κ1) is 14.1. The molecule has 112 valence electrons. The molecule has 1 amide bonds. The number of ether oxygens (including phenoxy) is 2. The first-order valence-corrected chi connectivity index (χ1v) is 7.98. The van der Waals surface area contributed by atoms with Gasteiger partial charge < -0.3 is 14.8 Å². The molecule has 1 N–H and O–H groups in total. The first-order valence-electron chi connectivity index (χ1n) is 7.98. The average molecular weight is 279 g/mol. The number of carbonyl (C=O) groups is 1. The summed E-state index contributed by atoms with van der Waals surface area (Å²) in [5, 5.41) is 3.11. The Balaban J connectivity index is 1.45. The van der Waals surface area contributed by atoms with Crippen molar-refractivity contribution in [1.82, 2.24) is 5.32 Å². The maximum Gasteiger partial charge on any atom is 0.224 e. The van der Waals surface area contributed by atoms with Crippen LogP contribution in [0.3, 0.4) is 0 Å². The number of amides is 1. The molecule has 0 aromatic carbocycles. The Kier molecular flexibility index (Phi) is 4.73. The minimum atomic E-state index is 0.0250. The van der Waals surface area contributed by atoms with E-state index in [1.165, 1.54) is 24.8 Å². The molecular weight excluding hydrogens is 254 g/mol. The molecule has 0 aromatic rings. The largest absolute Gasteiger partial charge is 0.379 e. The molecule has 0 spiro atoms. The lowest BCUT2D eigenvalue weighted by Gasteiger charge is -2.32. The molecule has 1 saturated heterocycles. The molecule has 1 saturated carbocycles. The van der Waals surface area contributed by atoms with Gasteiger partial charge in [0, 0.05) is 19.6 Å². The van der Waals surface area contributed by atoms with Crippen molar-refractivity contribution >= 4 is 5.91 Å². The van der Waals surface area contributed by atoms with Crippen LogP contribution < -0.4 is 5.32 Å². The average Bonchev–Trinajstić information content (AvgIpc) is 3.14. The summed E-state index contributed by atoms with van der Waals surface area (Å²) in [6.07, 6.45) is 9.78. The van der Waals surface area contributed by atoms with E-state index in [4.69, 9.17) is 9.47 Å². The summed E-state index contributed by atoms with van der Waals surface area (Å²) >= 11 is 0. The number of hydrogen-bond acceptors (Lipinski definition) is 3. The smallest absolute Gasteiger partial charge is 0.224 e. The predicted molar refractivity (Wildman–Crippen MR) is 76.4 cm³/mol. The molecule has 2 fully saturated rings. The molecule has 1 heterocycles. The topological polar surface area (TPSA) is 47.6 Å². The molecule has 3 rings (SSSR count). The van der Waals surface area contributed by atoms with Crippen LogP contribution in [0.15, 0.2) is 11.6 Å². The second kappa shape index (κ2) is 6.72. The van der Waals surface area contributed by atoms with E-state index in [1.54, 1.807) is 0 Å². The molecule has 3 aliphatic rings. The second-order valence-electron chi connectivity index (χ2n) is 6.28. The van der Waals surface area contributed by atoms with Gasteiger partial charge in [-0.25, -0.2) is 0 Å². The van der Waals surface area contributed by atoms with Crippen LogP contribution in [0.1, 0.15) is 44.9 Å². The van der Waals surface area contributed by atoms with E-state index >= 15 is 0 Å². The SMILES string of the molecule is O=C(CC1=CCCC1)N[C@@H]1COCC[C@@H]1OCC1CC1. The van der Waals surface area contributed by atoms with Gasteiger partial charge in [0.15, 0.2) is 0 Å². The minimum Gasteiger partial charge on any atom is -0.379 e. The van der Waals surface area contributed by atoms with E-state index in [1.807, 2.05) is 0 Å². The van der Waals surface area contributed by atoms with Gasteiger partial charge in [0.2, 0.25) is 5.91 Å². The van der Waals surface area contributed by atoms with Gasteiger partial charge in [0.25, 0.3) is 0 Å². The summed E-state index contributed by atoms with van der Waals surface area (Å²) < 4.78 is 11.5. The van der Waals surface area contributed by atoms with Crippen molar-refractivity contribution in [2.24, 2.45) is 5.92 Å². The highest BCUT2D eigenvalue weighted by atomic mass is 16.5. The number of allylic oxidation sites excluding steroid dienone is 1. The molecule has 0 radical (unpaired) electrons. The monoisotopic (exact) mass is 279 g/mol. The molecule has 4 heteroatoms. The van der Waals surface area contributed by atoms with Gasteiger partial charge >= 0.3 is 0 Å². The molecule has 4 nitrogen and oxygen atoms in total. The molecule has 2 aliphatic carbocycles. The molecular formula is C16H25NO3. The Bertz CT molecular complexity index is 376. The summed E-state index contributed by atoms with van der Waals surface area (Å²) in [7, 11) is 0. The molecule has 0 unspecified atom stereocenters. The summed E-state index contributed by atoms with van der Waals surface area (Å²) in [6, 6.07) is 0.0250. The van der Waals surface area contributed by atoms with Crippen molar-refractivity contribution in [2.75, 3.05) is 19.8 Å². The van der Waals surface area contributed by atoms with Gasteiger partial charge in [0.1, 0.15) is 0 Å². The van der Waals surface area contributed by atoms with Crippen molar-refractivity contribution in [2.45, 2.75) is 57.1 Å². The molecule has 2 atom stereocenters. The Labute approximate surface area is 120 Å². The zero-order valence-corrected chi connectivity index (χ0v) is 12.1. The third-order valence-corrected chi connectivity index (χ3v) is 4.40. The quantitative estimate of drug-likeness (QED) is 0.758. The number of hydrogen-bond donors (Lipinski definition) is 1. The highest BCUT2D eigenvalue weighted by Crippen LogP contribution is 2.30. The van der Waals surface area contributed by atoms with Gasteiger partial charge in [-0.15, -0.1) is 0 Å². The van der Waals surface area contributed by atoms with E-state index in [2.05, 4.69) is 11.4 Å². The fourth-order valence-electron chi connectivity index (χ4n) is 2.96. The number of rotatable bonds is 6. The Hall–Kier alpha value is -0.870. The van der Waals surface area contributed by atoms with Crippen molar-refractivity contribution in [1.29, 1.82) is 0 Å². The van der Waals surface area contributed by atoms with Crippen LogP contribution in [0.4, 0.5) is 0 Å². The summed E-state index contributed by atoms with van der Waals surface area (Å²) in [4.78, 5) is 12.1. The van der Waals surface area contributed by atoms with Gasteiger partial charge in [0.05, 0.1) is 18.8 Å².